The Morgan fingerprint density at radius 2 is 2.00 bits per heavy atom. The van der Waals surface area contributed by atoms with Crippen LogP contribution in [-0.2, 0) is 4.79 Å². The molecule has 1 aromatic rings. The van der Waals surface area contributed by atoms with Crippen LogP contribution in [0.3, 0.4) is 0 Å². The molecule has 0 saturated carbocycles. The maximum absolute atomic E-state index is 12.0. The predicted octanol–water partition coefficient (Wildman–Crippen LogP) is 2.98. The maximum atomic E-state index is 12.0. The smallest absolute Gasteiger partial charge is 0.260 e. The van der Waals surface area contributed by atoms with Crippen LogP contribution >= 0.6 is 34.8 Å². The molecule has 20 heavy (non-hydrogen) atoms. The molecular formula is C13H15Cl3N2O2. The van der Waals surface area contributed by atoms with Gasteiger partial charge in [0.1, 0.15) is 5.75 Å². The van der Waals surface area contributed by atoms with E-state index in [4.69, 9.17) is 45.3 Å². The molecule has 110 valence electrons. The number of likely N-dealkylation sites (tertiary alicyclic amines) is 1. The Bertz CT molecular complexity index is 511. The second-order valence-corrected chi connectivity index (χ2v) is 5.95. The molecule has 1 unspecified atom stereocenters. The minimum Gasteiger partial charge on any atom is -0.482 e. The lowest BCUT2D eigenvalue weighted by atomic mass is 10.1. The summed E-state index contributed by atoms with van der Waals surface area (Å²) < 4.78 is 5.42. The molecule has 1 aromatic carbocycles. The Morgan fingerprint density at radius 1 is 1.30 bits per heavy atom. The van der Waals surface area contributed by atoms with Crippen molar-refractivity contribution in [3.63, 3.8) is 0 Å². The summed E-state index contributed by atoms with van der Waals surface area (Å²) in [6, 6.07) is 3.03. The molecule has 0 aliphatic carbocycles. The quantitative estimate of drug-likeness (QED) is 0.863. The average Bonchev–Trinajstić information content (AvgIpc) is 2.41. The Labute approximate surface area is 132 Å². The van der Waals surface area contributed by atoms with E-state index in [9.17, 15) is 4.79 Å². The summed E-state index contributed by atoms with van der Waals surface area (Å²) in [4.78, 5) is 13.7. The fourth-order valence-electron chi connectivity index (χ4n) is 2.08. The molecule has 1 fully saturated rings. The Morgan fingerprint density at radius 3 is 2.70 bits per heavy atom. The van der Waals surface area contributed by atoms with Gasteiger partial charge < -0.3 is 15.4 Å². The van der Waals surface area contributed by atoms with Crippen LogP contribution in [0.4, 0.5) is 0 Å². The van der Waals surface area contributed by atoms with Gasteiger partial charge in [0.05, 0.1) is 15.1 Å². The monoisotopic (exact) mass is 336 g/mol. The number of benzene rings is 1. The summed E-state index contributed by atoms with van der Waals surface area (Å²) >= 11 is 17.7. The van der Waals surface area contributed by atoms with Gasteiger partial charge in [0.25, 0.3) is 5.91 Å². The topological polar surface area (TPSA) is 55.6 Å². The van der Waals surface area contributed by atoms with Gasteiger partial charge in [-0.3, -0.25) is 4.79 Å². The van der Waals surface area contributed by atoms with Crippen molar-refractivity contribution in [2.45, 2.75) is 18.9 Å². The van der Waals surface area contributed by atoms with Crippen molar-refractivity contribution in [1.82, 2.24) is 4.90 Å². The van der Waals surface area contributed by atoms with Crippen LogP contribution in [0.1, 0.15) is 12.8 Å². The van der Waals surface area contributed by atoms with Crippen molar-refractivity contribution in [2.24, 2.45) is 5.73 Å². The van der Waals surface area contributed by atoms with Gasteiger partial charge >= 0.3 is 0 Å². The summed E-state index contributed by atoms with van der Waals surface area (Å²) in [6.45, 7) is 1.19. The molecule has 2 rings (SSSR count). The molecule has 2 N–H and O–H groups in total. The minimum atomic E-state index is -0.109. The van der Waals surface area contributed by atoms with E-state index < -0.39 is 0 Å². The average molecular weight is 338 g/mol. The first-order valence-electron chi connectivity index (χ1n) is 6.28. The summed E-state index contributed by atoms with van der Waals surface area (Å²) in [7, 11) is 0. The molecule has 0 spiro atoms. The standard InChI is InChI=1S/C13H15Cl3N2O2/c14-9-4-11(16)12(5-10(9)15)20-7-13(19)18-3-1-2-8(17)6-18/h4-5,8H,1-3,6-7,17H2. The molecule has 7 heteroatoms. The number of ether oxygens (including phenoxy) is 1. The Hall–Kier alpha value is -0.680. The van der Waals surface area contributed by atoms with Gasteiger partial charge in [-0.1, -0.05) is 34.8 Å². The molecule has 1 heterocycles. The molecule has 1 saturated heterocycles. The number of halogens is 3. The third-order valence-electron chi connectivity index (χ3n) is 3.14. The van der Waals surface area contributed by atoms with Crippen LogP contribution in [0.2, 0.25) is 15.1 Å². The van der Waals surface area contributed by atoms with Crippen LogP contribution in [0, 0.1) is 0 Å². The number of hydrogen-bond donors (Lipinski definition) is 1. The first-order valence-corrected chi connectivity index (χ1v) is 7.41. The second kappa shape index (κ2) is 6.85. The van der Waals surface area contributed by atoms with Crippen molar-refractivity contribution in [3.05, 3.63) is 27.2 Å². The van der Waals surface area contributed by atoms with E-state index in [1.807, 2.05) is 0 Å². The highest BCUT2D eigenvalue weighted by Gasteiger charge is 2.21. The highest BCUT2D eigenvalue weighted by atomic mass is 35.5. The van der Waals surface area contributed by atoms with Gasteiger partial charge in [-0.05, 0) is 18.9 Å². The third kappa shape index (κ3) is 3.92. The lowest BCUT2D eigenvalue weighted by Crippen LogP contribution is -2.47. The van der Waals surface area contributed by atoms with Gasteiger partial charge in [-0.25, -0.2) is 0 Å². The maximum Gasteiger partial charge on any atom is 0.260 e. The predicted molar refractivity (Wildman–Crippen MR) is 80.8 cm³/mol. The zero-order valence-corrected chi connectivity index (χ0v) is 13.0. The molecule has 1 aliphatic rings. The lowest BCUT2D eigenvalue weighted by Gasteiger charge is -2.30. The number of piperidine rings is 1. The number of amides is 1. The van der Waals surface area contributed by atoms with E-state index in [0.29, 0.717) is 33.9 Å². The number of nitrogens with zero attached hydrogens (tertiary/aromatic N) is 1. The second-order valence-electron chi connectivity index (χ2n) is 4.73. The van der Waals surface area contributed by atoms with Gasteiger partial charge in [-0.15, -0.1) is 0 Å². The molecule has 1 atom stereocenters. The zero-order chi connectivity index (χ0) is 14.7. The molecular weight excluding hydrogens is 323 g/mol. The van der Waals surface area contributed by atoms with Crippen LogP contribution in [0.25, 0.3) is 0 Å². The van der Waals surface area contributed by atoms with E-state index in [-0.39, 0.29) is 18.6 Å². The summed E-state index contributed by atoms with van der Waals surface area (Å²) in [6.07, 6.45) is 1.86. The van der Waals surface area contributed by atoms with E-state index in [1.165, 1.54) is 12.1 Å². The van der Waals surface area contributed by atoms with Crippen molar-refractivity contribution in [1.29, 1.82) is 0 Å². The summed E-state index contributed by atoms with van der Waals surface area (Å²) in [5, 5.41) is 0.999. The van der Waals surface area contributed by atoms with Crippen LogP contribution in [-0.4, -0.2) is 36.5 Å². The van der Waals surface area contributed by atoms with Crippen LogP contribution < -0.4 is 10.5 Å². The summed E-state index contributed by atoms with van der Waals surface area (Å²) in [5.74, 6) is 0.234. The van der Waals surface area contributed by atoms with E-state index in [1.54, 1.807) is 4.90 Å². The molecule has 1 amide bonds. The fourth-order valence-corrected chi connectivity index (χ4v) is 2.67. The van der Waals surface area contributed by atoms with Crippen molar-refractivity contribution in [3.8, 4) is 5.75 Å². The Kier molecular flexibility index (Phi) is 5.38. The minimum absolute atomic E-state index is 0.0428. The first kappa shape index (κ1) is 15.7. The Balaban J connectivity index is 1.95. The van der Waals surface area contributed by atoms with Crippen molar-refractivity contribution >= 4 is 40.7 Å². The molecule has 0 bridgehead atoms. The van der Waals surface area contributed by atoms with Crippen LogP contribution in [0.15, 0.2) is 12.1 Å². The van der Waals surface area contributed by atoms with Gasteiger partial charge in [-0.2, -0.15) is 0 Å². The lowest BCUT2D eigenvalue weighted by molar-refractivity contribution is -0.134. The molecule has 4 nitrogen and oxygen atoms in total. The highest BCUT2D eigenvalue weighted by Crippen LogP contribution is 2.33. The third-order valence-corrected chi connectivity index (χ3v) is 4.15. The van der Waals surface area contributed by atoms with Gasteiger partial charge in [0.15, 0.2) is 6.61 Å². The van der Waals surface area contributed by atoms with Crippen molar-refractivity contribution in [2.75, 3.05) is 19.7 Å². The van der Waals surface area contributed by atoms with E-state index >= 15 is 0 Å². The normalized spacial score (nSPS) is 19.0. The highest BCUT2D eigenvalue weighted by molar-refractivity contribution is 6.43. The number of nitrogens with two attached hydrogens (primary N) is 1. The van der Waals surface area contributed by atoms with E-state index in [2.05, 4.69) is 0 Å². The SMILES string of the molecule is NC1CCCN(C(=O)COc2cc(Cl)c(Cl)cc2Cl)C1. The van der Waals surface area contributed by atoms with Crippen LogP contribution in [0.5, 0.6) is 5.75 Å². The number of carbonyl (C=O) groups excluding carboxylic acids is 1. The number of rotatable bonds is 3. The van der Waals surface area contributed by atoms with E-state index in [0.717, 1.165) is 12.8 Å². The summed E-state index contributed by atoms with van der Waals surface area (Å²) in [5.41, 5.74) is 5.84. The zero-order valence-electron chi connectivity index (χ0n) is 10.7. The van der Waals surface area contributed by atoms with Gasteiger partial charge in [0, 0.05) is 25.2 Å². The molecule has 0 aromatic heterocycles. The number of hydrogen-bond acceptors (Lipinski definition) is 3. The van der Waals surface area contributed by atoms with Gasteiger partial charge in [0.2, 0.25) is 0 Å². The largest absolute Gasteiger partial charge is 0.482 e. The molecule has 1 aliphatic heterocycles. The fraction of sp³-hybridized carbons (Fsp3) is 0.462. The van der Waals surface area contributed by atoms with Crippen molar-refractivity contribution < 1.29 is 9.53 Å². The number of carbonyl (C=O) groups is 1. The first-order chi connectivity index (χ1) is 9.47. The molecule has 0 radical (unpaired) electrons.